The van der Waals surface area contributed by atoms with Gasteiger partial charge in [0.2, 0.25) is 5.91 Å². The summed E-state index contributed by atoms with van der Waals surface area (Å²) in [6, 6.07) is 11.8. The largest absolute Gasteiger partial charge is 0.310 e. The number of nitrogens with zero attached hydrogens (tertiary/aromatic N) is 3. The monoisotopic (exact) mass is 368 g/mol. The highest BCUT2D eigenvalue weighted by Gasteiger charge is 2.31. The van der Waals surface area contributed by atoms with E-state index < -0.39 is 0 Å². The van der Waals surface area contributed by atoms with Gasteiger partial charge in [-0.2, -0.15) is 0 Å². The quantitative estimate of drug-likeness (QED) is 0.752. The lowest BCUT2D eigenvalue weighted by molar-refractivity contribution is -0.116. The molecular formula is C17H13BrN4O. The number of carbonyl (C=O) groups excluding carboxylic acids is 1. The van der Waals surface area contributed by atoms with Crippen LogP contribution in [0.3, 0.4) is 0 Å². The van der Waals surface area contributed by atoms with Crippen LogP contribution in [-0.2, 0) is 4.79 Å². The molecule has 5 nitrogen and oxygen atoms in total. The molecule has 3 aromatic rings. The van der Waals surface area contributed by atoms with Gasteiger partial charge in [-0.05, 0) is 29.8 Å². The molecule has 1 aliphatic heterocycles. The Morgan fingerprint density at radius 2 is 2.17 bits per heavy atom. The van der Waals surface area contributed by atoms with E-state index in [9.17, 15) is 4.79 Å². The SMILES string of the molecule is O=C1C[C@@H](c2cccc(Br)c2)c2ncn(-c3cccnc3)c2N1. The predicted molar refractivity (Wildman–Crippen MR) is 90.6 cm³/mol. The lowest BCUT2D eigenvalue weighted by Crippen LogP contribution is -2.24. The summed E-state index contributed by atoms with van der Waals surface area (Å²) in [6.45, 7) is 0. The molecular weight excluding hydrogens is 356 g/mol. The Kier molecular flexibility index (Phi) is 3.46. The van der Waals surface area contributed by atoms with Crippen molar-refractivity contribution in [3.05, 3.63) is 70.8 Å². The van der Waals surface area contributed by atoms with Crippen molar-refractivity contribution in [1.82, 2.24) is 14.5 Å². The van der Waals surface area contributed by atoms with Crippen LogP contribution in [0.5, 0.6) is 0 Å². The highest BCUT2D eigenvalue weighted by molar-refractivity contribution is 9.10. The second-order valence-electron chi connectivity index (χ2n) is 5.42. The zero-order chi connectivity index (χ0) is 15.8. The third kappa shape index (κ3) is 2.55. The molecule has 0 saturated heterocycles. The number of imidazole rings is 1. The molecule has 23 heavy (non-hydrogen) atoms. The molecule has 4 rings (SSSR count). The lowest BCUT2D eigenvalue weighted by atomic mass is 9.90. The fraction of sp³-hybridized carbons (Fsp3) is 0.118. The van der Waals surface area contributed by atoms with Gasteiger partial charge < -0.3 is 5.32 Å². The Morgan fingerprint density at radius 3 is 2.96 bits per heavy atom. The number of anilines is 1. The Balaban J connectivity index is 1.83. The van der Waals surface area contributed by atoms with Gasteiger partial charge in [-0.3, -0.25) is 14.3 Å². The van der Waals surface area contributed by atoms with Crippen molar-refractivity contribution in [3.8, 4) is 5.69 Å². The zero-order valence-electron chi connectivity index (χ0n) is 12.1. The summed E-state index contributed by atoms with van der Waals surface area (Å²) < 4.78 is 2.86. The molecule has 114 valence electrons. The number of rotatable bonds is 2. The van der Waals surface area contributed by atoms with Crippen molar-refractivity contribution < 1.29 is 4.79 Å². The standard InChI is InChI=1S/C17H13BrN4O/c18-12-4-1-3-11(7-12)14-8-15(23)21-17-16(14)20-10-22(17)13-5-2-6-19-9-13/h1-7,9-10,14H,8H2,(H,21,23)/t14-/m0/s1. The summed E-state index contributed by atoms with van der Waals surface area (Å²) >= 11 is 3.49. The maximum absolute atomic E-state index is 12.2. The molecule has 1 amide bonds. The number of benzene rings is 1. The first-order valence-corrected chi connectivity index (χ1v) is 8.04. The molecule has 1 aromatic carbocycles. The maximum Gasteiger partial charge on any atom is 0.226 e. The molecule has 0 bridgehead atoms. The third-order valence-electron chi connectivity index (χ3n) is 3.95. The van der Waals surface area contributed by atoms with Gasteiger partial charge in [0.15, 0.2) is 0 Å². The molecule has 0 unspecified atom stereocenters. The van der Waals surface area contributed by atoms with Crippen molar-refractivity contribution in [3.63, 3.8) is 0 Å². The van der Waals surface area contributed by atoms with Crippen molar-refractivity contribution in [1.29, 1.82) is 0 Å². The first-order chi connectivity index (χ1) is 11.2. The van der Waals surface area contributed by atoms with E-state index in [1.165, 1.54) is 0 Å². The summed E-state index contributed by atoms with van der Waals surface area (Å²) in [4.78, 5) is 20.9. The average Bonchev–Trinajstić information content (AvgIpc) is 2.98. The Bertz CT molecular complexity index is 875. The molecule has 6 heteroatoms. The molecule has 1 aliphatic rings. The molecule has 0 fully saturated rings. The summed E-state index contributed by atoms with van der Waals surface area (Å²) in [5, 5.41) is 2.94. The normalized spacial score (nSPS) is 16.7. The van der Waals surface area contributed by atoms with Crippen molar-refractivity contribution >= 4 is 27.7 Å². The van der Waals surface area contributed by atoms with Crippen LogP contribution in [0.2, 0.25) is 0 Å². The number of pyridine rings is 1. The van der Waals surface area contributed by atoms with Gasteiger partial charge in [0.1, 0.15) is 12.1 Å². The highest BCUT2D eigenvalue weighted by atomic mass is 79.9. The van der Waals surface area contributed by atoms with E-state index in [4.69, 9.17) is 0 Å². The molecule has 0 radical (unpaired) electrons. The van der Waals surface area contributed by atoms with Crippen molar-refractivity contribution in [2.45, 2.75) is 12.3 Å². The van der Waals surface area contributed by atoms with Crippen molar-refractivity contribution in [2.75, 3.05) is 5.32 Å². The topological polar surface area (TPSA) is 59.8 Å². The number of nitrogens with one attached hydrogen (secondary N) is 1. The maximum atomic E-state index is 12.2. The second-order valence-corrected chi connectivity index (χ2v) is 6.34. The zero-order valence-corrected chi connectivity index (χ0v) is 13.7. The summed E-state index contributed by atoms with van der Waals surface area (Å²) in [5.74, 6) is 0.668. The van der Waals surface area contributed by atoms with Crippen LogP contribution in [0.1, 0.15) is 23.6 Å². The molecule has 2 aromatic heterocycles. The number of amides is 1. The molecule has 1 atom stereocenters. The fourth-order valence-corrected chi connectivity index (χ4v) is 3.31. The minimum Gasteiger partial charge on any atom is -0.310 e. The van der Waals surface area contributed by atoms with Gasteiger partial charge >= 0.3 is 0 Å². The van der Waals surface area contributed by atoms with E-state index in [0.717, 1.165) is 27.2 Å². The predicted octanol–water partition coefficient (Wildman–Crippen LogP) is 3.50. The van der Waals surface area contributed by atoms with E-state index in [2.05, 4.69) is 31.2 Å². The summed E-state index contributed by atoms with van der Waals surface area (Å²) in [5.41, 5.74) is 2.83. The molecule has 3 heterocycles. The fourth-order valence-electron chi connectivity index (χ4n) is 2.90. The summed E-state index contributed by atoms with van der Waals surface area (Å²) in [6.07, 6.45) is 5.60. The number of fused-ring (bicyclic) bond motifs is 1. The molecule has 0 aliphatic carbocycles. The number of halogens is 1. The Labute approximate surface area is 141 Å². The van der Waals surface area contributed by atoms with E-state index in [1.807, 2.05) is 41.0 Å². The number of hydrogen-bond acceptors (Lipinski definition) is 3. The van der Waals surface area contributed by atoms with Crippen LogP contribution in [0.4, 0.5) is 5.82 Å². The van der Waals surface area contributed by atoms with Crippen LogP contribution < -0.4 is 5.32 Å². The second kappa shape index (κ2) is 5.62. The van der Waals surface area contributed by atoms with Crippen LogP contribution in [0.25, 0.3) is 5.69 Å². The van der Waals surface area contributed by atoms with Crippen LogP contribution in [0, 0.1) is 0 Å². The Morgan fingerprint density at radius 1 is 1.26 bits per heavy atom. The highest BCUT2D eigenvalue weighted by Crippen LogP contribution is 2.37. The van der Waals surface area contributed by atoms with Crippen LogP contribution in [0.15, 0.2) is 59.6 Å². The molecule has 0 spiro atoms. The first-order valence-electron chi connectivity index (χ1n) is 7.25. The van der Waals surface area contributed by atoms with Gasteiger partial charge in [0.25, 0.3) is 0 Å². The minimum atomic E-state index is -0.0471. The van der Waals surface area contributed by atoms with Crippen molar-refractivity contribution in [2.24, 2.45) is 0 Å². The lowest BCUT2D eigenvalue weighted by Gasteiger charge is -2.23. The minimum absolute atomic E-state index is 0.00637. The van der Waals surface area contributed by atoms with Crippen LogP contribution in [-0.4, -0.2) is 20.4 Å². The van der Waals surface area contributed by atoms with Gasteiger partial charge in [-0.1, -0.05) is 28.1 Å². The van der Waals surface area contributed by atoms with Crippen LogP contribution >= 0.6 is 15.9 Å². The first kappa shape index (κ1) is 14.1. The van der Waals surface area contributed by atoms with Gasteiger partial charge in [-0.15, -0.1) is 0 Å². The number of carbonyl (C=O) groups is 1. The average molecular weight is 369 g/mol. The smallest absolute Gasteiger partial charge is 0.226 e. The Hall–Kier alpha value is -2.47. The molecule has 0 saturated carbocycles. The van der Waals surface area contributed by atoms with E-state index in [0.29, 0.717) is 6.42 Å². The van der Waals surface area contributed by atoms with Gasteiger partial charge in [0, 0.05) is 23.0 Å². The van der Waals surface area contributed by atoms with Gasteiger partial charge in [-0.25, -0.2) is 4.98 Å². The number of hydrogen-bond donors (Lipinski definition) is 1. The number of aromatic nitrogens is 3. The molecule has 1 N–H and O–H groups in total. The van der Waals surface area contributed by atoms with E-state index in [1.54, 1.807) is 18.7 Å². The van der Waals surface area contributed by atoms with Gasteiger partial charge in [0.05, 0.1) is 17.6 Å². The summed E-state index contributed by atoms with van der Waals surface area (Å²) in [7, 11) is 0. The van der Waals surface area contributed by atoms with E-state index in [-0.39, 0.29) is 11.8 Å². The third-order valence-corrected chi connectivity index (χ3v) is 4.44. The van der Waals surface area contributed by atoms with E-state index >= 15 is 0 Å².